The zero-order chi connectivity index (χ0) is 26.0. The first-order chi connectivity index (χ1) is 18.4. The van der Waals surface area contributed by atoms with Gasteiger partial charge >= 0.3 is 0 Å². The minimum Gasteiger partial charge on any atom is -0.320 e. The summed E-state index contributed by atoms with van der Waals surface area (Å²) in [5.74, 6) is 0.162. The summed E-state index contributed by atoms with van der Waals surface area (Å²) in [6.45, 7) is 1.15. The summed E-state index contributed by atoms with van der Waals surface area (Å²) in [7, 11) is 0. The first kappa shape index (κ1) is 22.2. The third-order valence-corrected chi connectivity index (χ3v) is 9.95. The molecule has 38 heavy (non-hydrogen) atoms. The van der Waals surface area contributed by atoms with Crippen LogP contribution in [0.2, 0.25) is 0 Å². The first-order valence-corrected chi connectivity index (χ1v) is 13.5. The normalized spacial score (nSPS) is 31.7. The highest BCUT2D eigenvalue weighted by molar-refractivity contribution is 6.10. The molecule has 1 unspecified atom stereocenters. The molecule has 2 aromatic rings. The summed E-state index contributed by atoms with van der Waals surface area (Å²) < 4.78 is 0. The van der Waals surface area contributed by atoms with Crippen LogP contribution in [0.25, 0.3) is 0 Å². The molecule has 7 nitrogen and oxygen atoms in total. The Morgan fingerprint density at radius 1 is 0.816 bits per heavy atom. The molecule has 190 valence electrons. The predicted octanol–water partition coefficient (Wildman–Crippen LogP) is 2.85. The van der Waals surface area contributed by atoms with Crippen LogP contribution >= 0.6 is 0 Å². The Kier molecular flexibility index (Phi) is 4.18. The molecule has 4 fully saturated rings. The average molecular weight is 506 g/mol. The number of allylic oxidation sites excluding steroid dienone is 4. The zero-order valence-corrected chi connectivity index (χ0v) is 20.9. The third-order valence-electron chi connectivity index (χ3n) is 9.95. The highest BCUT2D eigenvalue weighted by atomic mass is 16.2. The molecule has 2 saturated carbocycles. The standard InChI is InChI=1S/C31H27N3O4/c32-23(29(38)34-16-18-14-31(18)22-8-4-2-6-20(22)25(36)12-27(31)34)9-10-28(37)33-15-17-13-30(17)21-7-3-1-5-19(21)24(35)11-26(30)33/h1-8,11-12,17-18,23H,9-10,13-16,32H2/t17-,18?,23+,30-,31-/m1/s1. The van der Waals surface area contributed by atoms with Gasteiger partial charge in [0.2, 0.25) is 11.8 Å². The first-order valence-electron chi connectivity index (χ1n) is 13.5. The van der Waals surface area contributed by atoms with Crippen LogP contribution in [0.3, 0.4) is 0 Å². The van der Waals surface area contributed by atoms with Crippen molar-refractivity contribution >= 4 is 23.4 Å². The fraction of sp³-hybridized carbons (Fsp3) is 0.355. The summed E-state index contributed by atoms with van der Waals surface area (Å²) in [5.41, 5.74) is 11.0. The molecule has 2 N–H and O–H groups in total. The molecule has 5 atom stereocenters. The fourth-order valence-corrected chi connectivity index (χ4v) is 7.96. The van der Waals surface area contributed by atoms with Crippen LogP contribution in [0.1, 0.15) is 57.5 Å². The van der Waals surface area contributed by atoms with E-state index in [1.54, 1.807) is 22.0 Å². The molecule has 0 radical (unpaired) electrons. The minimum absolute atomic E-state index is 0.0585. The predicted molar refractivity (Wildman–Crippen MR) is 138 cm³/mol. The van der Waals surface area contributed by atoms with E-state index >= 15 is 0 Å². The van der Waals surface area contributed by atoms with E-state index in [2.05, 4.69) is 0 Å². The van der Waals surface area contributed by atoms with Crippen LogP contribution in [-0.2, 0) is 20.4 Å². The van der Waals surface area contributed by atoms with E-state index in [9.17, 15) is 19.2 Å². The molecule has 8 rings (SSSR count). The van der Waals surface area contributed by atoms with Crippen molar-refractivity contribution in [1.82, 2.24) is 9.80 Å². The van der Waals surface area contributed by atoms with E-state index in [1.807, 2.05) is 48.5 Å². The lowest BCUT2D eigenvalue weighted by Crippen LogP contribution is -2.44. The number of ketones is 2. The Balaban J connectivity index is 0.977. The molecule has 2 aromatic carbocycles. The molecule has 0 bridgehead atoms. The summed E-state index contributed by atoms with van der Waals surface area (Å²) in [4.78, 5) is 55.8. The maximum Gasteiger partial charge on any atom is 0.243 e. The second-order valence-electron chi connectivity index (χ2n) is 11.7. The molecule has 2 spiro atoms. The van der Waals surface area contributed by atoms with Gasteiger partial charge in [0.25, 0.3) is 0 Å². The van der Waals surface area contributed by atoms with Gasteiger partial charge in [-0.05, 0) is 42.2 Å². The molecule has 2 amide bonds. The molecule has 2 aliphatic heterocycles. The SMILES string of the molecule is N[C@@H](CCC(=O)N1C[C@H]2C[C@@]23C1=CC(=O)c1ccccc13)C(=O)N1CC2C[C@@]23C1=CC(=O)c1ccccc13. The second-order valence-corrected chi connectivity index (χ2v) is 11.7. The monoisotopic (exact) mass is 505 g/mol. The van der Waals surface area contributed by atoms with Crippen molar-refractivity contribution in [3.63, 3.8) is 0 Å². The molecule has 2 saturated heterocycles. The van der Waals surface area contributed by atoms with Crippen LogP contribution in [0.15, 0.2) is 72.1 Å². The van der Waals surface area contributed by atoms with Crippen LogP contribution in [0, 0.1) is 11.8 Å². The van der Waals surface area contributed by atoms with Gasteiger partial charge < -0.3 is 15.5 Å². The summed E-state index contributed by atoms with van der Waals surface area (Å²) in [6, 6.07) is 14.6. The van der Waals surface area contributed by atoms with Gasteiger partial charge in [0.1, 0.15) is 0 Å². The van der Waals surface area contributed by atoms with Crippen LogP contribution in [-0.4, -0.2) is 52.3 Å². The molecule has 7 heteroatoms. The summed E-state index contributed by atoms with van der Waals surface area (Å²) >= 11 is 0. The molecule has 2 heterocycles. The Labute approximate surface area is 220 Å². The third kappa shape index (κ3) is 2.62. The Morgan fingerprint density at radius 3 is 1.89 bits per heavy atom. The van der Waals surface area contributed by atoms with Crippen molar-refractivity contribution in [3.05, 3.63) is 94.3 Å². The quantitative estimate of drug-likeness (QED) is 0.689. The lowest BCUT2D eigenvalue weighted by Gasteiger charge is -2.31. The number of fused-ring (bicyclic) bond motifs is 2. The number of benzene rings is 2. The number of hydrogen-bond donors (Lipinski definition) is 1. The van der Waals surface area contributed by atoms with Crippen LogP contribution in [0.5, 0.6) is 0 Å². The number of amides is 2. The Hall–Kier alpha value is -3.84. The maximum absolute atomic E-state index is 13.4. The molecule has 4 aliphatic carbocycles. The summed E-state index contributed by atoms with van der Waals surface area (Å²) in [5, 5.41) is 0. The Morgan fingerprint density at radius 2 is 1.32 bits per heavy atom. The summed E-state index contributed by atoms with van der Waals surface area (Å²) in [6.07, 6.45) is 5.50. The Bertz CT molecular complexity index is 1570. The zero-order valence-electron chi connectivity index (χ0n) is 20.9. The van der Waals surface area contributed by atoms with Crippen molar-refractivity contribution in [2.24, 2.45) is 17.6 Å². The van der Waals surface area contributed by atoms with Gasteiger partial charge in [-0.25, -0.2) is 0 Å². The molecular weight excluding hydrogens is 478 g/mol. The van der Waals surface area contributed by atoms with E-state index in [1.165, 1.54) is 0 Å². The van der Waals surface area contributed by atoms with Gasteiger partial charge in [0, 0.05) is 65.0 Å². The van der Waals surface area contributed by atoms with Gasteiger partial charge in [0.05, 0.1) is 6.04 Å². The van der Waals surface area contributed by atoms with Gasteiger partial charge in [-0.15, -0.1) is 0 Å². The van der Waals surface area contributed by atoms with Crippen molar-refractivity contribution in [2.75, 3.05) is 13.1 Å². The number of nitrogens with zero attached hydrogens (tertiary/aromatic N) is 2. The fourth-order valence-electron chi connectivity index (χ4n) is 7.96. The van der Waals surface area contributed by atoms with E-state index in [0.717, 1.165) is 46.5 Å². The minimum atomic E-state index is -0.838. The largest absolute Gasteiger partial charge is 0.320 e. The van der Waals surface area contributed by atoms with Gasteiger partial charge in [-0.2, -0.15) is 0 Å². The number of carbonyl (C=O) groups excluding carboxylic acids is 4. The smallest absolute Gasteiger partial charge is 0.243 e. The van der Waals surface area contributed by atoms with E-state index in [4.69, 9.17) is 5.73 Å². The lowest BCUT2D eigenvalue weighted by molar-refractivity contribution is -0.131. The van der Waals surface area contributed by atoms with Crippen LogP contribution < -0.4 is 5.73 Å². The van der Waals surface area contributed by atoms with Crippen molar-refractivity contribution in [3.8, 4) is 0 Å². The van der Waals surface area contributed by atoms with Crippen LogP contribution in [0.4, 0.5) is 0 Å². The van der Waals surface area contributed by atoms with Gasteiger partial charge in [0.15, 0.2) is 11.6 Å². The number of rotatable bonds is 4. The molecule has 6 aliphatic rings. The van der Waals surface area contributed by atoms with Gasteiger partial charge in [-0.3, -0.25) is 19.2 Å². The number of piperidine rings is 2. The van der Waals surface area contributed by atoms with Gasteiger partial charge in [-0.1, -0.05) is 48.5 Å². The number of nitrogens with two attached hydrogens (primary N) is 1. The van der Waals surface area contributed by atoms with E-state index in [-0.39, 0.29) is 47.1 Å². The molecule has 0 aromatic heterocycles. The number of carbonyl (C=O) groups is 4. The van der Waals surface area contributed by atoms with Crippen molar-refractivity contribution < 1.29 is 19.2 Å². The van der Waals surface area contributed by atoms with Crippen molar-refractivity contribution in [1.29, 1.82) is 0 Å². The highest BCUT2D eigenvalue weighted by Crippen LogP contribution is 2.67. The number of likely N-dealkylation sites (tertiary alicyclic amines) is 2. The lowest BCUT2D eigenvalue weighted by atomic mass is 9.81. The average Bonchev–Trinajstić information content (AvgIpc) is 3.78. The number of hydrogen-bond acceptors (Lipinski definition) is 5. The highest BCUT2D eigenvalue weighted by Gasteiger charge is 2.68. The van der Waals surface area contributed by atoms with E-state index in [0.29, 0.717) is 24.9 Å². The van der Waals surface area contributed by atoms with Crippen molar-refractivity contribution in [2.45, 2.75) is 42.6 Å². The second kappa shape index (κ2) is 7.17. The molecular formula is C31H27N3O4. The van der Waals surface area contributed by atoms with E-state index < -0.39 is 6.04 Å². The topological polar surface area (TPSA) is 101 Å². The maximum atomic E-state index is 13.4.